The van der Waals surface area contributed by atoms with Crippen molar-refractivity contribution in [3.8, 4) is 6.01 Å². The molecule has 2 aromatic heterocycles. The van der Waals surface area contributed by atoms with E-state index in [-0.39, 0.29) is 18.0 Å². The lowest BCUT2D eigenvalue weighted by Crippen LogP contribution is -2.45. The Morgan fingerprint density at radius 2 is 2.22 bits per heavy atom. The van der Waals surface area contributed by atoms with Gasteiger partial charge in [-0.3, -0.25) is 4.79 Å². The average Bonchev–Trinajstić information content (AvgIpc) is 2.56. The molecular weight excluding hydrogens is 320 g/mol. The van der Waals surface area contributed by atoms with E-state index in [2.05, 4.69) is 9.97 Å². The Morgan fingerprint density at radius 1 is 1.43 bits per heavy atom. The van der Waals surface area contributed by atoms with Crippen LogP contribution in [0.25, 0.3) is 0 Å². The van der Waals surface area contributed by atoms with Crippen LogP contribution in [0.3, 0.4) is 0 Å². The van der Waals surface area contributed by atoms with E-state index < -0.39 is 0 Å². The summed E-state index contributed by atoms with van der Waals surface area (Å²) in [6.45, 7) is 1.06. The highest BCUT2D eigenvalue weighted by Gasteiger charge is 2.27. The highest BCUT2D eigenvalue weighted by molar-refractivity contribution is 6.30. The molecule has 0 N–H and O–H groups in total. The maximum atomic E-state index is 12.5. The van der Waals surface area contributed by atoms with E-state index in [9.17, 15) is 10.0 Å². The Kier molecular flexibility index (Phi) is 4.57. The minimum absolute atomic E-state index is 0.180. The molecule has 0 aromatic carbocycles. The van der Waals surface area contributed by atoms with E-state index in [1.165, 1.54) is 24.8 Å². The van der Waals surface area contributed by atoms with Gasteiger partial charge in [-0.25, -0.2) is 9.97 Å². The van der Waals surface area contributed by atoms with Crippen LogP contribution in [0.2, 0.25) is 5.02 Å². The largest absolute Gasteiger partial charge is 0.619 e. The van der Waals surface area contributed by atoms with Gasteiger partial charge in [0, 0.05) is 12.6 Å². The van der Waals surface area contributed by atoms with Gasteiger partial charge in [0.1, 0.15) is 11.7 Å². The molecule has 8 heteroatoms. The second kappa shape index (κ2) is 6.78. The third kappa shape index (κ3) is 3.87. The molecule has 1 saturated heterocycles. The summed E-state index contributed by atoms with van der Waals surface area (Å²) >= 11 is 5.74. The van der Waals surface area contributed by atoms with Crippen LogP contribution in [-0.4, -0.2) is 40.0 Å². The fourth-order valence-electron chi connectivity index (χ4n) is 2.49. The topological polar surface area (TPSA) is 82.3 Å². The molecule has 1 fully saturated rings. The average molecular weight is 335 g/mol. The van der Waals surface area contributed by atoms with E-state index in [0.29, 0.717) is 28.4 Å². The minimum Gasteiger partial charge on any atom is -0.619 e. The summed E-state index contributed by atoms with van der Waals surface area (Å²) in [5.74, 6) is -0.180. The number of pyridine rings is 1. The number of nitrogens with zero attached hydrogens (tertiary/aromatic N) is 4. The van der Waals surface area contributed by atoms with Crippen LogP contribution in [0, 0.1) is 5.21 Å². The summed E-state index contributed by atoms with van der Waals surface area (Å²) in [4.78, 5) is 22.1. The van der Waals surface area contributed by atoms with Crippen LogP contribution in [0.4, 0.5) is 0 Å². The number of hydrogen-bond acceptors (Lipinski definition) is 5. The lowest BCUT2D eigenvalue weighted by atomic mass is 10.1. The molecule has 0 radical (unpaired) electrons. The standard InChI is InChI=1S/C15H15ClN4O3/c16-12-7-17-15(18-8-12)23-13-4-2-5-19(10-13)14(21)11-3-1-6-20(22)9-11/h1,3,6-9,13H,2,4-5,10H2/t13-/m1/s1. The Hall–Kier alpha value is -2.41. The zero-order valence-electron chi connectivity index (χ0n) is 12.3. The molecule has 0 unspecified atom stereocenters. The normalized spacial score (nSPS) is 17.8. The van der Waals surface area contributed by atoms with Gasteiger partial charge in [0.2, 0.25) is 0 Å². The van der Waals surface area contributed by atoms with Crippen molar-refractivity contribution in [2.24, 2.45) is 0 Å². The molecule has 1 aliphatic heterocycles. The van der Waals surface area contributed by atoms with E-state index in [0.717, 1.165) is 12.8 Å². The molecule has 1 atom stereocenters. The maximum Gasteiger partial charge on any atom is 0.316 e. The van der Waals surface area contributed by atoms with Gasteiger partial charge >= 0.3 is 6.01 Å². The summed E-state index contributed by atoms with van der Waals surface area (Å²) in [6, 6.07) is 3.43. The van der Waals surface area contributed by atoms with Gasteiger partial charge in [-0.05, 0) is 18.9 Å². The number of aromatic nitrogens is 3. The first-order valence-corrected chi connectivity index (χ1v) is 7.62. The van der Waals surface area contributed by atoms with Gasteiger partial charge in [0.15, 0.2) is 12.4 Å². The molecule has 23 heavy (non-hydrogen) atoms. The second-order valence-electron chi connectivity index (χ2n) is 5.27. The molecule has 120 valence electrons. The fraction of sp³-hybridized carbons (Fsp3) is 0.333. The van der Waals surface area contributed by atoms with Crippen LogP contribution in [-0.2, 0) is 0 Å². The van der Waals surface area contributed by atoms with Crippen LogP contribution in [0.5, 0.6) is 6.01 Å². The van der Waals surface area contributed by atoms with Crippen LogP contribution in [0.15, 0.2) is 36.9 Å². The molecule has 0 bridgehead atoms. The maximum absolute atomic E-state index is 12.5. The van der Waals surface area contributed by atoms with Crippen molar-refractivity contribution in [2.45, 2.75) is 18.9 Å². The van der Waals surface area contributed by atoms with E-state index >= 15 is 0 Å². The van der Waals surface area contributed by atoms with Crippen molar-refractivity contribution in [3.63, 3.8) is 0 Å². The highest BCUT2D eigenvalue weighted by atomic mass is 35.5. The Balaban J connectivity index is 1.66. The fourth-order valence-corrected chi connectivity index (χ4v) is 2.59. The third-order valence-corrected chi connectivity index (χ3v) is 3.75. The van der Waals surface area contributed by atoms with Crippen molar-refractivity contribution in [1.29, 1.82) is 0 Å². The summed E-state index contributed by atoms with van der Waals surface area (Å²) in [5, 5.41) is 11.7. The van der Waals surface area contributed by atoms with E-state index in [1.807, 2.05) is 0 Å². The molecule has 3 rings (SSSR count). The predicted octanol–water partition coefficient (Wildman–Crippen LogP) is 1.45. The van der Waals surface area contributed by atoms with Crippen LogP contribution in [0.1, 0.15) is 23.2 Å². The Labute approximate surface area is 138 Å². The molecule has 0 spiro atoms. The molecule has 1 aliphatic rings. The second-order valence-corrected chi connectivity index (χ2v) is 5.71. The number of halogens is 1. The van der Waals surface area contributed by atoms with E-state index in [1.54, 1.807) is 17.0 Å². The highest BCUT2D eigenvalue weighted by Crippen LogP contribution is 2.17. The number of amides is 1. The number of rotatable bonds is 3. The number of piperidine rings is 1. The SMILES string of the molecule is O=C(c1ccc[n+]([O-])c1)N1CCC[C@@H](Oc2ncc(Cl)cn2)C1. The van der Waals surface area contributed by atoms with Gasteiger partial charge in [0.05, 0.1) is 24.0 Å². The molecular formula is C15H15ClN4O3. The first-order chi connectivity index (χ1) is 11.1. The van der Waals surface area contributed by atoms with Gasteiger partial charge in [0.25, 0.3) is 5.91 Å². The van der Waals surface area contributed by atoms with Gasteiger partial charge in [-0.1, -0.05) is 11.6 Å². The quantitative estimate of drug-likeness (QED) is 0.626. The van der Waals surface area contributed by atoms with E-state index in [4.69, 9.17) is 16.3 Å². The monoisotopic (exact) mass is 334 g/mol. The number of carbonyl (C=O) groups is 1. The predicted molar refractivity (Wildman–Crippen MR) is 82.0 cm³/mol. The zero-order chi connectivity index (χ0) is 16.2. The summed E-state index contributed by atoms with van der Waals surface area (Å²) < 4.78 is 6.33. The number of carbonyl (C=O) groups excluding carboxylic acids is 1. The molecule has 3 heterocycles. The summed E-state index contributed by atoms with van der Waals surface area (Å²) in [5.41, 5.74) is 0.367. The van der Waals surface area contributed by atoms with Crippen molar-refractivity contribution in [2.75, 3.05) is 13.1 Å². The summed E-state index contributed by atoms with van der Waals surface area (Å²) in [6.07, 6.45) is 6.99. The zero-order valence-corrected chi connectivity index (χ0v) is 13.0. The van der Waals surface area contributed by atoms with Crippen molar-refractivity contribution in [1.82, 2.24) is 14.9 Å². The minimum atomic E-state index is -0.183. The molecule has 2 aromatic rings. The number of hydrogen-bond donors (Lipinski definition) is 0. The number of ether oxygens (including phenoxy) is 1. The Bertz CT molecular complexity index is 695. The Morgan fingerprint density at radius 3 is 2.96 bits per heavy atom. The molecule has 7 nitrogen and oxygen atoms in total. The summed E-state index contributed by atoms with van der Waals surface area (Å²) in [7, 11) is 0. The lowest BCUT2D eigenvalue weighted by Gasteiger charge is -2.32. The first kappa shape index (κ1) is 15.5. The lowest BCUT2D eigenvalue weighted by molar-refractivity contribution is -0.605. The van der Waals surface area contributed by atoms with Crippen molar-refractivity contribution >= 4 is 17.5 Å². The molecule has 0 saturated carbocycles. The molecule has 1 amide bonds. The smallest absolute Gasteiger partial charge is 0.316 e. The van der Waals surface area contributed by atoms with Gasteiger partial charge in [-0.15, -0.1) is 0 Å². The van der Waals surface area contributed by atoms with Gasteiger partial charge in [-0.2, -0.15) is 4.73 Å². The first-order valence-electron chi connectivity index (χ1n) is 7.24. The van der Waals surface area contributed by atoms with Crippen molar-refractivity contribution in [3.05, 3.63) is 52.7 Å². The van der Waals surface area contributed by atoms with Crippen LogP contribution >= 0.6 is 11.6 Å². The van der Waals surface area contributed by atoms with Crippen molar-refractivity contribution < 1.29 is 14.3 Å². The third-order valence-electron chi connectivity index (χ3n) is 3.56. The molecule has 0 aliphatic carbocycles. The van der Waals surface area contributed by atoms with Gasteiger partial charge < -0.3 is 14.8 Å². The number of likely N-dealkylation sites (tertiary alicyclic amines) is 1. The van der Waals surface area contributed by atoms with Crippen LogP contribution < -0.4 is 9.47 Å².